The molecular formula is C18H22BClMoN6O2. The van der Waals surface area contributed by atoms with Gasteiger partial charge in [0.1, 0.15) is 0 Å². The molecular weight excluding hydrogens is 474 g/mol. The van der Waals surface area contributed by atoms with Crippen molar-refractivity contribution < 1.29 is 28.5 Å². The maximum absolute atomic E-state index is 7.50. The Morgan fingerprint density at radius 2 is 0.966 bits per heavy atom. The molecule has 0 aliphatic heterocycles. The molecule has 3 aromatic rings. The zero-order valence-corrected chi connectivity index (χ0v) is 20.0. The van der Waals surface area contributed by atoms with Gasteiger partial charge in [-0.15, -0.1) is 0 Å². The molecule has 0 fully saturated rings. The fraction of sp³-hybridized carbons (Fsp3) is 0.333. The number of aryl methyl sites for hydroxylation is 6. The van der Waals surface area contributed by atoms with Crippen molar-refractivity contribution in [3.8, 4) is 3.66 Å². The first-order chi connectivity index (χ1) is 13.8. The Morgan fingerprint density at radius 1 is 0.759 bits per heavy atom. The molecule has 0 atom stereocenters. The Balaban J connectivity index is 0.00000100. The molecule has 0 spiro atoms. The Hall–Kier alpha value is -2.07. The molecule has 0 amide bonds. The molecule has 3 aromatic heterocycles. The van der Waals surface area contributed by atoms with Crippen LogP contribution < -0.4 is 0 Å². The van der Waals surface area contributed by atoms with Crippen molar-refractivity contribution in [2.75, 3.05) is 0 Å². The summed E-state index contributed by atoms with van der Waals surface area (Å²) in [5.74, 6) is 0. The molecule has 0 bridgehead atoms. The van der Waals surface area contributed by atoms with Gasteiger partial charge in [-0.3, -0.25) is 0 Å². The molecule has 0 N–H and O–H groups in total. The van der Waals surface area contributed by atoms with Gasteiger partial charge in [0.05, 0.1) is 17.1 Å². The van der Waals surface area contributed by atoms with E-state index < -0.39 is 7.12 Å². The second kappa shape index (κ2) is 13.2. The second-order valence-corrected chi connectivity index (χ2v) is 7.57. The van der Waals surface area contributed by atoms with E-state index in [1.165, 1.54) is 0 Å². The van der Waals surface area contributed by atoms with Crippen LogP contribution in [0.15, 0.2) is 18.2 Å². The summed E-state index contributed by atoms with van der Waals surface area (Å²) >= 11 is 6.34. The van der Waals surface area contributed by atoms with Crippen molar-refractivity contribution >= 4 is 18.7 Å². The number of hydrogen-bond donors (Lipinski definition) is 0. The van der Waals surface area contributed by atoms with Crippen LogP contribution in [0.3, 0.4) is 0 Å². The number of nitrogens with zero attached hydrogens (tertiary/aromatic N) is 6. The summed E-state index contributed by atoms with van der Waals surface area (Å²) in [7, 11) is -1.26. The Morgan fingerprint density at radius 3 is 1.10 bits per heavy atom. The molecule has 0 aromatic carbocycles. The summed E-state index contributed by atoms with van der Waals surface area (Å²) in [5.41, 5.74) is 6.40. The Bertz CT molecular complexity index is 899. The van der Waals surface area contributed by atoms with Crippen LogP contribution in [0.25, 0.3) is 0 Å². The van der Waals surface area contributed by atoms with Gasteiger partial charge in [-0.1, -0.05) is 0 Å². The monoisotopic (exact) mass is 498 g/mol. The summed E-state index contributed by atoms with van der Waals surface area (Å²) in [5, 5.41) is 14.1. The van der Waals surface area contributed by atoms with Crippen LogP contribution in [0.4, 0.5) is 0 Å². The van der Waals surface area contributed by atoms with Crippen LogP contribution in [-0.2, 0) is 28.5 Å². The second-order valence-electron chi connectivity index (χ2n) is 6.28. The van der Waals surface area contributed by atoms with E-state index in [9.17, 15) is 0 Å². The third kappa shape index (κ3) is 7.04. The summed E-state index contributed by atoms with van der Waals surface area (Å²) in [6.07, 6.45) is 0. The molecule has 0 saturated heterocycles. The first kappa shape index (κ1) is 26.9. The van der Waals surface area contributed by atoms with Crippen LogP contribution in [0.1, 0.15) is 34.2 Å². The molecule has 3 heterocycles. The minimum atomic E-state index is -1.26. The summed E-state index contributed by atoms with van der Waals surface area (Å²) < 4.78 is 23.4. The molecule has 8 nitrogen and oxygen atoms in total. The van der Waals surface area contributed by atoms with E-state index in [0.29, 0.717) is 0 Å². The molecule has 0 aliphatic carbocycles. The average molecular weight is 497 g/mol. The van der Waals surface area contributed by atoms with E-state index in [1.54, 1.807) is 19.2 Å². The first-order valence-corrected chi connectivity index (χ1v) is 9.81. The van der Waals surface area contributed by atoms with Gasteiger partial charge in [0.15, 0.2) is 0 Å². The first-order valence-electron chi connectivity index (χ1n) is 8.42. The minimum absolute atomic E-state index is 1.01. The number of hydrogen-bond acceptors (Lipinski definition) is 3. The predicted molar refractivity (Wildman–Crippen MR) is 106 cm³/mol. The molecule has 0 aliphatic rings. The van der Waals surface area contributed by atoms with Gasteiger partial charge >= 0.3 is 64.1 Å². The predicted octanol–water partition coefficient (Wildman–Crippen LogP) is 2.40. The zero-order valence-electron chi connectivity index (χ0n) is 17.2. The van der Waals surface area contributed by atoms with Crippen molar-refractivity contribution in [3.05, 3.63) is 65.7 Å². The van der Waals surface area contributed by atoms with Gasteiger partial charge in [0, 0.05) is 0 Å². The third-order valence-corrected chi connectivity index (χ3v) is 4.11. The number of rotatable bonds is 3. The third-order valence-electron chi connectivity index (χ3n) is 4.11. The summed E-state index contributed by atoms with van der Waals surface area (Å²) in [6, 6.07) is 6.28. The van der Waals surface area contributed by atoms with E-state index in [4.69, 9.17) is 36.2 Å². The molecule has 29 heavy (non-hydrogen) atoms. The molecule has 11 heteroatoms. The fourth-order valence-corrected chi connectivity index (χ4v) is 3.26. The maximum atomic E-state index is 7.50. The van der Waals surface area contributed by atoms with Crippen molar-refractivity contribution in [2.24, 2.45) is 0 Å². The normalized spacial score (nSPS) is 9.21. The van der Waals surface area contributed by atoms with Gasteiger partial charge in [-0.25, -0.2) is 15.3 Å². The summed E-state index contributed by atoms with van der Waals surface area (Å²) in [6.45, 7) is 21.3. The van der Waals surface area contributed by atoms with Gasteiger partial charge in [0.2, 0.25) is 0 Å². The van der Waals surface area contributed by atoms with Gasteiger partial charge in [-0.05, 0) is 76.8 Å². The quantitative estimate of drug-likeness (QED) is 0.317. The standard InChI is InChI=1S/C15H22BN6.CCl.2CO.Mo/c1-10-7-13(4)20(17-10)16(21-14(5)8-11(2)18-21)22-15(6)9-12(3)19-22;3*1-2;/h7-9,16H,1-6H3;;;;/q-1;;;;+1. The number of halogens is 1. The topological polar surface area (TPSA) is 93.3 Å². The SMILES string of the molecule is Cc1cc(C)n([BH-](n2nc(C)cc2C)n2nc(C)cc2C)n1.Cl[C]#[Mo+].[C-]#[O+].[C-]#[O+]. The van der Waals surface area contributed by atoms with Gasteiger partial charge < -0.3 is 13.8 Å². The zero-order chi connectivity index (χ0) is 22.7. The average Bonchev–Trinajstić information content (AvgIpc) is 3.30. The van der Waals surface area contributed by atoms with Crippen molar-refractivity contribution in [1.29, 1.82) is 0 Å². The van der Waals surface area contributed by atoms with E-state index in [2.05, 4.69) is 69.7 Å². The van der Waals surface area contributed by atoms with E-state index in [0.717, 1.165) is 34.2 Å². The Labute approximate surface area is 186 Å². The molecule has 0 unspecified atom stereocenters. The van der Waals surface area contributed by atoms with Crippen molar-refractivity contribution in [1.82, 2.24) is 29.1 Å². The Kier molecular flexibility index (Phi) is 12.3. The fourth-order valence-electron chi connectivity index (χ4n) is 3.26. The van der Waals surface area contributed by atoms with Crippen LogP contribution in [0.2, 0.25) is 0 Å². The van der Waals surface area contributed by atoms with Crippen LogP contribution in [0, 0.1) is 58.5 Å². The summed E-state index contributed by atoms with van der Waals surface area (Å²) in [4.78, 5) is 0. The molecule has 3 rings (SSSR count). The molecule has 0 saturated carbocycles. The van der Waals surface area contributed by atoms with Crippen LogP contribution in [-0.4, -0.2) is 36.2 Å². The van der Waals surface area contributed by atoms with E-state index >= 15 is 0 Å². The van der Waals surface area contributed by atoms with Gasteiger partial charge in [-0.2, -0.15) is 0 Å². The van der Waals surface area contributed by atoms with E-state index in [1.807, 2.05) is 20.8 Å². The number of aromatic nitrogens is 6. The van der Waals surface area contributed by atoms with Crippen LogP contribution in [0.5, 0.6) is 0 Å². The van der Waals surface area contributed by atoms with Gasteiger partial charge in [0.25, 0.3) is 0 Å². The van der Waals surface area contributed by atoms with Crippen molar-refractivity contribution in [3.63, 3.8) is 0 Å². The molecule has 0 radical (unpaired) electrons. The van der Waals surface area contributed by atoms with Crippen LogP contribution >= 0.6 is 11.6 Å². The molecule has 152 valence electrons. The van der Waals surface area contributed by atoms with Crippen molar-refractivity contribution in [2.45, 2.75) is 41.5 Å². The van der Waals surface area contributed by atoms with E-state index in [-0.39, 0.29) is 0 Å².